The first kappa shape index (κ1) is 61.9. The Hall–Kier alpha value is -7.31. The molecule has 470 valence electrons. The maximum absolute atomic E-state index is 14.6. The van der Waals surface area contributed by atoms with Crippen LogP contribution in [-0.2, 0) is 61.6 Å². The lowest BCUT2D eigenvalue weighted by Gasteiger charge is -2.50. The van der Waals surface area contributed by atoms with Gasteiger partial charge in [0.15, 0.2) is 5.72 Å². The highest BCUT2D eigenvalue weighted by Crippen LogP contribution is 2.55. The first-order valence-corrected chi connectivity index (χ1v) is 31.8. The molecule has 3 aromatic heterocycles. The highest BCUT2D eigenvalue weighted by atomic mass is 32.1. The topological polar surface area (TPSA) is 218 Å². The maximum atomic E-state index is 14.6. The molecular formula is C68H80N8O12S. The van der Waals surface area contributed by atoms with Crippen LogP contribution >= 0.6 is 11.3 Å². The molecule has 2 bridgehead atoms. The van der Waals surface area contributed by atoms with Crippen LogP contribution in [0.3, 0.4) is 0 Å². The fourth-order valence-corrected chi connectivity index (χ4v) is 14.5. The van der Waals surface area contributed by atoms with E-state index in [9.17, 15) is 24.3 Å². The van der Waals surface area contributed by atoms with Crippen molar-refractivity contribution in [3.8, 4) is 16.2 Å². The molecule has 4 aliphatic rings. The summed E-state index contributed by atoms with van der Waals surface area (Å²) >= 11 is 1.59. The van der Waals surface area contributed by atoms with Gasteiger partial charge in [0, 0.05) is 79.3 Å². The number of fused-ring (bicyclic) bond motifs is 13. The third kappa shape index (κ3) is 12.0. The Bertz CT molecular complexity index is 3890. The second-order valence-electron chi connectivity index (χ2n) is 24.7. The number of hydrogen-bond donors (Lipinski definition) is 4. The van der Waals surface area contributed by atoms with Crippen molar-refractivity contribution < 1.29 is 57.4 Å². The van der Waals surface area contributed by atoms with Gasteiger partial charge in [-0.2, -0.15) is 0 Å². The smallest absolute Gasteiger partial charge is 0.253 e. The summed E-state index contributed by atoms with van der Waals surface area (Å²) in [5.41, 5.74) is 9.72. The number of aliphatic hydroxyl groups is 1. The number of methoxy groups -OCH3 is 1. The molecule has 1 unspecified atom stereocenters. The number of aromatic nitrogens is 3. The van der Waals surface area contributed by atoms with Gasteiger partial charge in [0.1, 0.15) is 43.0 Å². The van der Waals surface area contributed by atoms with E-state index < -0.39 is 47.8 Å². The molecule has 0 saturated carbocycles. The van der Waals surface area contributed by atoms with Crippen molar-refractivity contribution in [3.63, 3.8) is 0 Å². The summed E-state index contributed by atoms with van der Waals surface area (Å²) in [7, 11) is 3.54. The molecule has 4 aliphatic heterocycles. The lowest BCUT2D eigenvalue weighted by molar-refractivity contribution is -0.264. The minimum atomic E-state index is -1.06. The summed E-state index contributed by atoms with van der Waals surface area (Å²) in [6, 6.07) is 30.0. The second kappa shape index (κ2) is 26.3. The molecule has 12 rings (SSSR count). The van der Waals surface area contributed by atoms with E-state index in [1.54, 1.807) is 52.5 Å². The van der Waals surface area contributed by atoms with Crippen LogP contribution < -0.4 is 20.7 Å². The molecule has 7 atom stereocenters. The van der Waals surface area contributed by atoms with E-state index in [1.165, 1.54) is 0 Å². The summed E-state index contributed by atoms with van der Waals surface area (Å²) in [5.74, 6) is -0.328. The van der Waals surface area contributed by atoms with Crippen LogP contribution in [0.15, 0.2) is 103 Å². The van der Waals surface area contributed by atoms with Crippen molar-refractivity contribution in [2.45, 2.75) is 116 Å². The lowest BCUT2D eigenvalue weighted by Crippen LogP contribution is -2.61. The van der Waals surface area contributed by atoms with Gasteiger partial charge in [0.05, 0.1) is 97.0 Å². The number of aryl methyl sites for hydroxylation is 1. The molecule has 2 saturated heterocycles. The standard InChI is InChI=1S/C68H80N8O12S/c1-41-60(89-40-71-41)43-20-18-42(19-21-43)38-69-63(78)51-17-12-27-74(51)66(81)61(67(2,3)4)72-53(77)26-28-83-29-30-84-31-32-85-33-34-86-35-36-87-45-24-22-44(23-25-45)65(80)73(6)52-37-54-75-49-15-10-8-13-46(49)56-57-48(39-70-64(57)79)55-47-14-9-11-16-50(47)76(59(55)58(56)75)68(5,88-54)62(52)82-7/h8-11,13-16,18-25,40,51-52,54,61-62,64,70,79H,12,17,26-39H2,1-7H3,(H,69,78)(H,72,77)/t51-,52+,54+,61+,62+,64?,68-/m0/s1. The van der Waals surface area contributed by atoms with Gasteiger partial charge >= 0.3 is 0 Å². The normalized spacial score (nSPS) is 20.8. The number of nitrogens with one attached hydrogen (secondary N) is 3. The second-order valence-corrected chi connectivity index (χ2v) is 25.5. The van der Waals surface area contributed by atoms with Gasteiger partial charge < -0.3 is 67.8 Å². The Morgan fingerprint density at radius 3 is 2.16 bits per heavy atom. The number of thiazole rings is 1. The fourth-order valence-electron chi connectivity index (χ4n) is 13.7. The third-order valence-corrected chi connectivity index (χ3v) is 19.0. The van der Waals surface area contributed by atoms with Crippen molar-refractivity contribution in [2.75, 3.05) is 80.2 Å². The van der Waals surface area contributed by atoms with E-state index in [0.29, 0.717) is 96.5 Å². The predicted molar refractivity (Wildman–Crippen MR) is 339 cm³/mol. The molecule has 4 N–H and O–H groups in total. The van der Waals surface area contributed by atoms with Crippen LogP contribution in [0.25, 0.3) is 54.1 Å². The summed E-state index contributed by atoms with van der Waals surface area (Å²) in [6.07, 6.45) is -0.0945. The molecule has 7 heterocycles. The lowest BCUT2D eigenvalue weighted by atomic mass is 9.85. The SMILES string of the molecule is CO[C@@H]1[C@H](N(C)C(=O)c2ccc(OCCOCCOCCOCCOCCC(=O)N[C@H](C(=O)N3CCC[C@H]3C(=O)NCc3ccc(-c4scnc4C)cc3)C(C)(C)C)cc2)C[C@H]2O[C@]1(C)n1c3ccccc3c3c4c(c5c6ccccc6n2c5c31)C(O)NC4. The molecule has 2 fully saturated rings. The molecule has 0 spiro atoms. The van der Waals surface area contributed by atoms with Crippen molar-refractivity contribution in [1.29, 1.82) is 0 Å². The van der Waals surface area contributed by atoms with Crippen LogP contribution in [0.4, 0.5) is 0 Å². The molecular weight excluding hydrogens is 1150 g/mol. The number of benzene rings is 5. The molecule has 20 nitrogen and oxygen atoms in total. The number of nitrogens with zero attached hydrogens (tertiary/aromatic N) is 5. The number of ether oxygens (including phenoxy) is 7. The van der Waals surface area contributed by atoms with Crippen LogP contribution in [0, 0.1) is 12.3 Å². The molecule has 0 aliphatic carbocycles. The molecule has 21 heteroatoms. The number of carbonyl (C=O) groups excluding carboxylic acids is 4. The van der Waals surface area contributed by atoms with E-state index in [0.717, 1.165) is 76.4 Å². The number of amides is 4. The molecule has 4 amide bonds. The molecule has 8 aromatic rings. The Morgan fingerprint density at radius 2 is 1.49 bits per heavy atom. The molecule has 0 radical (unpaired) electrons. The number of hydrogen-bond acceptors (Lipinski definition) is 15. The zero-order valence-electron chi connectivity index (χ0n) is 51.7. The number of para-hydroxylation sites is 2. The Morgan fingerprint density at radius 1 is 0.843 bits per heavy atom. The predicted octanol–water partition coefficient (Wildman–Crippen LogP) is 8.86. The summed E-state index contributed by atoms with van der Waals surface area (Å²) < 4.78 is 47.2. The minimum Gasteiger partial charge on any atom is -0.491 e. The van der Waals surface area contributed by atoms with Crippen molar-refractivity contribution in [1.82, 2.24) is 39.9 Å². The van der Waals surface area contributed by atoms with Crippen LogP contribution in [-0.4, -0.2) is 157 Å². The van der Waals surface area contributed by atoms with Gasteiger partial charge in [0.25, 0.3) is 5.91 Å². The van der Waals surface area contributed by atoms with E-state index in [4.69, 9.17) is 33.2 Å². The Kier molecular flexibility index (Phi) is 18.3. The van der Waals surface area contributed by atoms with Gasteiger partial charge in [0.2, 0.25) is 17.7 Å². The van der Waals surface area contributed by atoms with E-state index >= 15 is 0 Å². The van der Waals surface area contributed by atoms with Crippen molar-refractivity contribution in [3.05, 3.63) is 131 Å². The summed E-state index contributed by atoms with van der Waals surface area (Å²) in [6.45, 7) is 14.0. The van der Waals surface area contributed by atoms with E-state index in [-0.39, 0.29) is 43.3 Å². The van der Waals surface area contributed by atoms with Crippen molar-refractivity contribution >= 4 is 78.6 Å². The van der Waals surface area contributed by atoms with E-state index in [1.807, 2.05) is 82.7 Å². The highest BCUT2D eigenvalue weighted by Gasteiger charge is 2.55. The van der Waals surface area contributed by atoms with Gasteiger partial charge in [-0.25, -0.2) is 4.98 Å². The fraction of sp³-hybridized carbons (Fsp3) is 0.456. The van der Waals surface area contributed by atoms with Gasteiger partial charge in [-0.1, -0.05) is 81.4 Å². The largest absolute Gasteiger partial charge is 0.491 e. The zero-order chi connectivity index (χ0) is 62.1. The zero-order valence-corrected chi connectivity index (χ0v) is 52.5. The first-order chi connectivity index (χ1) is 43.1. The van der Waals surface area contributed by atoms with E-state index in [2.05, 4.69) is 67.3 Å². The Balaban J connectivity index is 0.544. The van der Waals surface area contributed by atoms with Crippen LogP contribution in [0.1, 0.15) is 98.6 Å². The highest BCUT2D eigenvalue weighted by molar-refractivity contribution is 7.13. The third-order valence-electron chi connectivity index (χ3n) is 18.0. The van der Waals surface area contributed by atoms with Crippen LogP contribution in [0.2, 0.25) is 0 Å². The first-order valence-electron chi connectivity index (χ1n) is 30.9. The number of aliphatic hydroxyl groups excluding tert-OH is 1. The van der Waals surface area contributed by atoms with Crippen LogP contribution in [0.5, 0.6) is 5.75 Å². The number of carbonyl (C=O) groups is 4. The van der Waals surface area contributed by atoms with Gasteiger partial charge in [-0.15, -0.1) is 11.3 Å². The minimum absolute atomic E-state index is 0.0658. The molecule has 89 heavy (non-hydrogen) atoms. The van der Waals surface area contributed by atoms with Gasteiger partial charge in [-0.3, -0.25) is 24.5 Å². The quantitative estimate of drug-likeness (QED) is 0.0393. The summed E-state index contributed by atoms with van der Waals surface area (Å²) in [5, 5.41) is 25.1. The average Bonchev–Trinajstić information content (AvgIpc) is 1.51. The van der Waals surface area contributed by atoms with Crippen molar-refractivity contribution in [2.24, 2.45) is 5.41 Å². The number of likely N-dealkylation sites (N-methyl/N-ethyl adjacent to an activating group) is 1. The number of rotatable bonds is 25. The number of likely N-dealkylation sites (tertiary alicyclic amines) is 1. The maximum Gasteiger partial charge on any atom is 0.253 e. The summed E-state index contributed by atoms with van der Waals surface area (Å²) in [4.78, 5) is 64.0. The average molecular weight is 1230 g/mol. The Labute approximate surface area is 521 Å². The molecule has 5 aromatic carbocycles. The monoisotopic (exact) mass is 1230 g/mol. The van der Waals surface area contributed by atoms with Gasteiger partial charge in [-0.05, 0) is 85.2 Å².